The highest BCUT2D eigenvalue weighted by molar-refractivity contribution is 7.19. The molecule has 6 rings (SSSR count). The van der Waals surface area contributed by atoms with Gasteiger partial charge in [-0.25, -0.2) is 0 Å². The molecule has 1 fully saturated rings. The molecule has 0 atom stereocenters. The van der Waals surface area contributed by atoms with Gasteiger partial charge >= 0.3 is 0 Å². The first-order valence-corrected chi connectivity index (χ1v) is 16.1. The molecule has 0 spiro atoms. The number of rotatable bonds is 12. The lowest BCUT2D eigenvalue weighted by Crippen LogP contribution is -2.47. The Hall–Kier alpha value is -3.83. The van der Waals surface area contributed by atoms with Crippen LogP contribution in [0, 0.1) is 6.92 Å². The van der Waals surface area contributed by atoms with Gasteiger partial charge < -0.3 is 34.5 Å². The number of piperazine rings is 1. The molecule has 0 unspecified atom stereocenters. The predicted molar refractivity (Wildman–Crippen MR) is 180 cm³/mol. The predicted octanol–water partition coefficient (Wildman–Crippen LogP) is 6.33. The highest BCUT2D eigenvalue weighted by Gasteiger charge is 2.16. The number of thiophene rings is 1. The van der Waals surface area contributed by atoms with E-state index in [2.05, 4.69) is 51.6 Å². The SMILES string of the molecule is CCN1CCN(CCOc2ccc3cc(COCNc4cc(NC(=O)c5ccc6c(c5)OCCO6)ccc4C)sc3c2)CC1.[HH].[HH]. The zero-order valence-electron chi connectivity index (χ0n) is 25.4. The molecule has 1 aromatic heterocycles. The minimum absolute atomic E-state index is 0. The van der Waals surface area contributed by atoms with Crippen molar-refractivity contribution in [1.82, 2.24) is 9.80 Å². The Morgan fingerprint density at radius 3 is 2.61 bits per heavy atom. The fourth-order valence-corrected chi connectivity index (χ4v) is 6.44. The van der Waals surface area contributed by atoms with Crippen LogP contribution in [-0.2, 0) is 11.3 Å². The van der Waals surface area contributed by atoms with Crippen LogP contribution in [0.5, 0.6) is 17.2 Å². The summed E-state index contributed by atoms with van der Waals surface area (Å²) >= 11 is 1.73. The van der Waals surface area contributed by atoms with Gasteiger partial charge in [-0.3, -0.25) is 9.69 Å². The first-order valence-electron chi connectivity index (χ1n) is 15.3. The van der Waals surface area contributed by atoms with Gasteiger partial charge in [-0.05, 0) is 79.0 Å². The molecular formula is C34H44N4O5S. The maximum Gasteiger partial charge on any atom is 0.255 e. The van der Waals surface area contributed by atoms with Crippen molar-refractivity contribution in [2.45, 2.75) is 20.5 Å². The molecule has 2 aliphatic heterocycles. The van der Waals surface area contributed by atoms with Crippen LogP contribution in [0.4, 0.5) is 11.4 Å². The monoisotopic (exact) mass is 620 g/mol. The number of benzene rings is 3. The Bertz CT molecular complexity index is 1600. The van der Waals surface area contributed by atoms with Crippen molar-refractivity contribution in [3.05, 3.63) is 76.7 Å². The van der Waals surface area contributed by atoms with Gasteiger partial charge in [-0.15, -0.1) is 11.3 Å². The number of carbonyl (C=O) groups excluding carboxylic acids is 1. The quantitative estimate of drug-likeness (QED) is 0.141. The Kier molecular flexibility index (Phi) is 9.82. The smallest absolute Gasteiger partial charge is 0.255 e. The van der Waals surface area contributed by atoms with Gasteiger partial charge in [0.2, 0.25) is 0 Å². The van der Waals surface area contributed by atoms with E-state index in [9.17, 15) is 4.79 Å². The molecule has 1 amide bonds. The number of hydrogen-bond donors (Lipinski definition) is 2. The number of fused-ring (bicyclic) bond motifs is 2. The van der Waals surface area contributed by atoms with Crippen LogP contribution < -0.4 is 24.8 Å². The van der Waals surface area contributed by atoms with Crippen LogP contribution in [-0.4, -0.2) is 81.5 Å². The van der Waals surface area contributed by atoms with Crippen LogP contribution in [0.15, 0.2) is 60.7 Å². The maximum atomic E-state index is 12.9. The van der Waals surface area contributed by atoms with Crippen LogP contribution >= 0.6 is 11.3 Å². The second-order valence-electron chi connectivity index (χ2n) is 11.0. The Balaban J connectivity index is 0.00000240. The van der Waals surface area contributed by atoms with Crippen LogP contribution in [0.2, 0.25) is 0 Å². The summed E-state index contributed by atoms with van der Waals surface area (Å²) in [6.45, 7) is 13.4. The molecule has 2 aliphatic rings. The molecule has 44 heavy (non-hydrogen) atoms. The molecule has 0 aliphatic carbocycles. The van der Waals surface area contributed by atoms with E-state index in [-0.39, 0.29) is 8.76 Å². The topological polar surface area (TPSA) is 84.5 Å². The van der Waals surface area contributed by atoms with Gasteiger partial charge in [-0.2, -0.15) is 0 Å². The Morgan fingerprint density at radius 2 is 1.77 bits per heavy atom. The van der Waals surface area contributed by atoms with E-state index < -0.39 is 0 Å². The van der Waals surface area contributed by atoms with Crippen LogP contribution in [0.1, 0.15) is 30.6 Å². The average molecular weight is 621 g/mol. The van der Waals surface area contributed by atoms with Crippen molar-refractivity contribution in [3.63, 3.8) is 0 Å². The second kappa shape index (κ2) is 14.3. The summed E-state index contributed by atoms with van der Waals surface area (Å²) in [4.78, 5) is 19.0. The fraction of sp³-hybridized carbons (Fsp3) is 0.382. The third kappa shape index (κ3) is 7.62. The summed E-state index contributed by atoms with van der Waals surface area (Å²) < 4.78 is 24.4. The lowest BCUT2D eigenvalue weighted by molar-refractivity contribution is 0.102. The molecule has 236 valence electrons. The number of carbonyl (C=O) groups is 1. The summed E-state index contributed by atoms with van der Waals surface area (Å²) in [5.74, 6) is 1.95. The summed E-state index contributed by atoms with van der Waals surface area (Å²) in [6, 6.07) is 19.5. The Morgan fingerprint density at radius 1 is 0.955 bits per heavy atom. The largest absolute Gasteiger partial charge is 0.492 e. The van der Waals surface area contributed by atoms with Crippen molar-refractivity contribution in [3.8, 4) is 17.2 Å². The normalized spacial score (nSPS) is 15.3. The van der Waals surface area contributed by atoms with Crippen molar-refractivity contribution in [1.29, 1.82) is 0 Å². The van der Waals surface area contributed by atoms with Crippen LogP contribution in [0.3, 0.4) is 0 Å². The summed E-state index contributed by atoms with van der Waals surface area (Å²) in [5.41, 5.74) is 3.16. The molecule has 0 bridgehead atoms. The molecule has 1 saturated heterocycles. The number of hydrogen-bond acceptors (Lipinski definition) is 9. The molecule has 2 N–H and O–H groups in total. The summed E-state index contributed by atoms with van der Waals surface area (Å²) in [7, 11) is 0. The van der Waals surface area contributed by atoms with Gasteiger partial charge in [0, 0.05) is 62.1 Å². The van der Waals surface area contributed by atoms with Gasteiger partial charge in [-0.1, -0.05) is 13.0 Å². The average Bonchev–Trinajstić information content (AvgIpc) is 3.46. The lowest BCUT2D eigenvalue weighted by atomic mass is 10.1. The Labute approximate surface area is 265 Å². The number of amides is 1. The molecule has 3 heterocycles. The summed E-state index contributed by atoms with van der Waals surface area (Å²) in [5, 5.41) is 7.51. The van der Waals surface area contributed by atoms with E-state index in [1.165, 1.54) is 10.1 Å². The van der Waals surface area contributed by atoms with Crippen molar-refractivity contribution in [2.24, 2.45) is 0 Å². The standard InChI is InChI=1S/C34H40N4O5S.2H2/c1-3-37-10-12-38(13-11-37)14-15-41-28-8-5-25-18-29(44-33(25)21-28)22-40-23-35-30-20-27(7-4-24(30)2)36-34(39)26-6-9-31-32(19-26)43-17-16-42-31;;/h4-9,18-21,35H,3,10-17,22-23H2,1-2H3,(H,36,39);2*1H. The van der Waals surface area contributed by atoms with Crippen molar-refractivity contribution in [2.75, 3.05) is 76.5 Å². The number of ether oxygens (including phenoxy) is 4. The number of likely N-dealkylation sites (N-methyl/N-ethyl adjacent to an activating group) is 1. The molecule has 10 heteroatoms. The number of nitrogens with one attached hydrogen (secondary N) is 2. The molecule has 0 radical (unpaired) electrons. The fourth-order valence-electron chi connectivity index (χ4n) is 5.41. The van der Waals surface area contributed by atoms with E-state index in [0.29, 0.717) is 55.9 Å². The summed E-state index contributed by atoms with van der Waals surface area (Å²) in [6.07, 6.45) is 0. The number of nitrogens with zero attached hydrogens (tertiary/aromatic N) is 2. The highest BCUT2D eigenvalue weighted by atomic mass is 32.1. The molecule has 0 saturated carbocycles. The zero-order chi connectivity index (χ0) is 30.3. The van der Waals surface area contributed by atoms with E-state index in [1.807, 2.05) is 25.1 Å². The minimum Gasteiger partial charge on any atom is -0.492 e. The van der Waals surface area contributed by atoms with Gasteiger partial charge in [0.15, 0.2) is 11.5 Å². The van der Waals surface area contributed by atoms with E-state index in [1.54, 1.807) is 29.5 Å². The highest BCUT2D eigenvalue weighted by Crippen LogP contribution is 2.32. The molecular weight excluding hydrogens is 576 g/mol. The first-order chi connectivity index (χ1) is 21.5. The number of anilines is 2. The third-order valence-electron chi connectivity index (χ3n) is 8.04. The second-order valence-corrected chi connectivity index (χ2v) is 12.2. The van der Waals surface area contributed by atoms with Gasteiger partial charge in [0.25, 0.3) is 5.91 Å². The zero-order valence-corrected chi connectivity index (χ0v) is 26.2. The minimum atomic E-state index is -0.211. The molecule has 9 nitrogen and oxygen atoms in total. The lowest BCUT2D eigenvalue weighted by Gasteiger charge is -2.33. The van der Waals surface area contributed by atoms with E-state index >= 15 is 0 Å². The maximum absolute atomic E-state index is 12.9. The van der Waals surface area contributed by atoms with Gasteiger partial charge in [0.1, 0.15) is 32.3 Å². The first kappa shape index (κ1) is 30.2. The van der Waals surface area contributed by atoms with Crippen molar-refractivity contribution >= 4 is 38.7 Å². The molecule has 3 aromatic carbocycles. The third-order valence-corrected chi connectivity index (χ3v) is 9.11. The van der Waals surface area contributed by atoms with Crippen LogP contribution in [0.25, 0.3) is 10.1 Å². The van der Waals surface area contributed by atoms with E-state index in [0.717, 1.165) is 61.1 Å². The molecule has 4 aromatic rings. The van der Waals surface area contributed by atoms with Crippen molar-refractivity contribution < 1.29 is 26.6 Å². The van der Waals surface area contributed by atoms with E-state index in [4.69, 9.17) is 18.9 Å². The number of aryl methyl sites for hydroxylation is 1. The van der Waals surface area contributed by atoms with Gasteiger partial charge in [0.05, 0.1) is 6.61 Å².